The molecule has 1 heterocycles. The molecule has 0 saturated heterocycles. The summed E-state index contributed by atoms with van der Waals surface area (Å²) in [4.78, 5) is 16.4. The third-order valence-corrected chi connectivity index (χ3v) is 3.86. The van der Waals surface area contributed by atoms with Crippen molar-refractivity contribution in [3.8, 4) is 5.75 Å². The molecule has 2 aromatic carbocycles. The molecule has 0 saturated carbocycles. The lowest BCUT2D eigenvalue weighted by Gasteiger charge is -2.07. The Morgan fingerprint density at radius 1 is 1.21 bits per heavy atom. The van der Waals surface area contributed by atoms with E-state index in [1.165, 1.54) is 0 Å². The van der Waals surface area contributed by atoms with E-state index in [1.54, 1.807) is 6.08 Å². The minimum absolute atomic E-state index is 0.262. The number of rotatable bonds is 5. The summed E-state index contributed by atoms with van der Waals surface area (Å²) in [5, 5.41) is 0. The van der Waals surface area contributed by atoms with Crippen molar-refractivity contribution in [2.75, 3.05) is 6.61 Å². The van der Waals surface area contributed by atoms with Gasteiger partial charge in [-0.1, -0.05) is 47.1 Å². The Balaban J connectivity index is 1.92. The number of ether oxygens (including phenoxy) is 2. The normalized spacial score (nSPS) is 15.3. The number of carbonyl (C=O) groups is 1. The predicted molar refractivity (Wildman–Crippen MR) is 97.0 cm³/mol. The van der Waals surface area contributed by atoms with Gasteiger partial charge in [0.1, 0.15) is 5.75 Å². The van der Waals surface area contributed by atoms with Gasteiger partial charge < -0.3 is 9.47 Å². The van der Waals surface area contributed by atoms with E-state index in [2.05, 4.69) is 20.9 Å². The smallest absolute Gasteiger partial charge is 0.363 e. The lowest BCUT2D eigenvalue weighted by molar-refractivity contribution is -0.129. The first kappa shape index (κ1) is 16.5. The average molecular weight is 386 g/mol. The van der Waals surface area contributed by atoms with Gasteiger partial charge in [0.2, 0.25) is 5.90 Å². The highest BCUT2D eigenvalue weighted by molar-refractivity contribution is 9.10. The van der Waals surface area contributed by atoms with Crippen molar-refractivity contribution >= 4 is 33.9 Å². The molecule has 0 radical (unpaired) electrons. The highest BCUT2D eigenvalue weighted by atomic mass is 79.9. The molecular formula is C19H16BrNO3. The number of hydrogen-bond donors (Lipinski definition) is 0. The maximum Gasteiger partial charge on any atom is 0.363 e. The number of aliphatic imine (C=N–C) groups is 1. The van der Waals surface area contributed by atoms with Crippen molar-refractivity contribution in [3.05, 3.63) is 69.8 Å². The molecule has 0 fully saturated rings. The molecule has 1 aliphatic heterocycles. The number of benzene rings is 2. The van der Waals surface area contributed by atoms with Crippen LogP contribution >= 0.6 is 15.9 Å². The molecule has 3 rings (SSSR count). The zero-order valence-corrected chi connectivity index (χ0v) is 14.7. The first-order valence-corrected chi connectivity index (χ1v) is 8.47. The van der Waals surface area contributed by atoms with Crippen molar-refractivity contribution < 1.29 is 14.3 Å². The number of hydrogen-bond acceptors (Lipinski definition) is 4. The first-order chi connectivity index (χ1) is 11.7. The fraction of sp³-hybridized carbons (Fsp3) is 0.158. The zero-order chi connectivity index (χ0) is 16.9. The molecule has 0 atom stereocenters. The van der Waals surface area contributed by atoms with Crippen LogP contribution in [0.2, 0.25) is 0 Å². The second-order valence-electron chi connectivity index (χ2n) is 5.23. The van der Waals surface area contributed by atoms with Gasteiger partial charge in [-0.15, -0.1) is 0 Å². The number of cyclic esters (lactones) is 1. The van der Waals surface area contributed by atoms with Crippen LogP contribution in [0.5, 0.6) is 5.75 Å². The molecule has 0 N–H and O–H groups in total. The maximum absolute atomic E-state index is 12.1. The standard InChI is InChI=1S/C19H16BrNO3/c1-2-10-23-17-9-4-3-6-13(17)12-16-19(22)24-18(21-16)14-7-5-8-15(20)11-14/h3-9,11-12H,2,10H2,1H3. The summed E-state index contributed by atoms with van der Waals surface area (Å²) < 4.78 is 11.9. The molecule has 0 aromatic heterocycles. The molecule has 1 aliphatic rings. The molecule has 0 unspecified atom stereocenters. The van der Waals surface area contributed by atoms with Gasteiger partial charge in [-0.25, -0.2) is 9.79 Å². The molecule has 4 nitrogen and oxygen atoms in total. The lowest BCUT2D eigenvalue weighted by atomic mass is 10.1. The Labute approximate surface area is 148 Å². The van der Waals surface area contributed by atoms with Crippen LogP contribution in [-0.2, 0) is 9.53 Å². The number of esters is 1. The van der Waals surface area contributed by atoms with Crippen LogP contribution in [0.4, 0.5) is 0 Å². The predicted octanol–water partition coefficient (Wildman–Crippen LogP) is 4.58. The highest BCUT2D eigenvalue weighted by Gasteiger charge is 2.24. The summed E-state index contributed by atoms with van der Waals surface area (Å²) in [6.07, 6.45) is 2.61. The van der Waals surface area contributed by atoms with Gasteiger partial charge in [-0.05, 0) is 36.8 Å². The number of para-hydroxylation sites is 1. The quantitative estimate of drug-likeness (QED) is 0.558. The summed E-state index contributed by atoms with van der Waals surface area (Å²) in [6, 6.07) is 15.0. The van der Waals surface area contributed by atoms with Crippen molar-refractivity contribution in [1.82, 2.24) is 0 Å². The number of halogens is 1. The Hall–Kier alpha value is -2.40. The van der Waals surface area contributed by atoms with Crippen LogP contribution in [0.15, 0.2) is 63.7 Å². The van der Waals surface area contributed by atoms with E-state index in [4.69, 9.17) is 9.47 Å². The zero-order valence-electron chi connectivity index (χ0n) is 13.2. The van der Waals surface area contributed by atoms with Gasteiger partial charge in [0, 0.05) is 15.6 Å². The van der Waals surface area contributed by atoms with Crippen LogP contribution in [0.25, 0.3) is 6.08 Å². The number of nitrogens with zero attached hydrogens (tertiary/aromatic N) is 1. The fourth-order valence-electron chi connectivity index (χ4n) is 2.24. The Morgan fingerprint density at radius 3 is 2.83 bits per heavy atom. The van der Waals surface area contributed by atoms with E-state index in [0.717, 1.165) is 27.8 Å². The van der Waals surface area contributed by atoms with Gasteiger partial charge in [0.15, 0.2) is 5.70 Å². The van der Waals surface area contributed by atoms with Crippen LogP contribution in [0, 0.1) is 0 Å². The molecule has 0 amide bonds. The molecule has 0 bridgehead atoms. The largest absolute Gasteiger partial charge is 0.493 e. The molecule has 0 spiro atoms. The van der Waals surface area contributed by atoms with Crippen molar-refractivity contribution in [3.63, 3.8) is 0 Å². The monoisotopic (exact) mass is 385 g/mol. The van der Waals surface area contributed by atoms with E-state index in [1.807, 2.05) is 55.5 Å². The Bertz CT molecular complexity index is 827. The third-order valence-electron chi connectivity index (χ3n) is 3.36. The molecule has 2 aromatic rings. The van der Waals surface area contributed by atoms with Crippen molar-refractivity contribution in [1.29, 1.82) is 0 Å². The summed E-state index contributed by atoms with van der Waals surface area (Å²) in [5.41, 5.74) is 1.81. The summed E-state index contributed by atoms with van der Waals surface area (Å²) >= 11 is 3.40. The average Bonchev–Trinajstić information content (AvgIpc) is 2.95. The van der Waals surface area contributed by atoms with Crippen molar-refractivity contribution in [2.45, 2.75) is 13.3 Å². The Morgan fingerprint density at radius 2 is 2.04 bits per heavy atom. The van der Waals surface area contributed by atoms with Gasteiger partial charge in [0.25, 0.3) is 0 Å². The van der Waals surface area contributed by atoms with Gasteiger partial charge in [0.05, 0.1) is 6.61 Å². The van der Waals surface area contributed by atoms with E-state index in [0.29, 0.717) is 12.5 Å². The van der Waals surface area contributed by atoms with Gasteiger partial charge in [-0.2, -0.15) is 0 Å². The maximum atomic E-state index is 12.1. The van der Waals surface area contributed by atoms with E-state index in [9.17, 15) is 4.79 Å². The van der Waals surface area contributed by atoms with E-state index >= 15 is 0 Å². The second-order valence-corrected chi connectivity index (χ2v) is 6.15. The minimum atomic E-state index is -0.463. The molecule has 122 valence electrons. The first-order valence-electron chi connectivity index (χ1n) is 7.67. The van der Waals surface area contributed by atoms with E-state index < -0.39 is 5.97 Å². The van der Waals surface area contributed by atoms with Crippen molar-refractivity contribution in [2.24, 2.45) is 4.99 Å². The summed E-state index contributed by atoms with van der Waals surface area (Å²) in [7, 11) is 0. The summed E-state index contributed by atoms with van der Waals surface area (Å²) in [6.45, 7) is 2.67. The molecule has 0 aliphatic carbocycles. The second kappa shape index (κ2) is 7.45. The highest BCUT2D eigenvalue weighted by Crippen LogP contribution is 2.25. The fourth-order valence-corrected chi connectivity index (χ4v) is 2.64. The minimum Gasteiger partial charge on any atom is -0.493 e. The van der Waals surface area contributed by atoms with Crippen LogP contribution in [0.1, 0.15) is 24.5 Å². The number of carbonyl (C=O) groups excluding carboxylic acids is 1. The SMILES string of the molecule is CCCOc1ccccc1C=C1N=C(c2cccc(Br)c2)OC1=O. The van der Waals surface area contributed by atoms with Crippen LogP contribution in [-0.4, -0.2) is 18.5 Å². The van der Waals surface area contributed by atoms with Gasteiger partial charge >= 0.3 is 5.97 Å². The van der Waals surface area contributed by atoms with E-state index in [-0.39, 0.29) is 5.70 Å². The topological polar surface area (TPSA) is 47.9 Å². The molecule has 24 heavy (non-hydrogen) atoms. The summed E-state index contributed by atoms with van der Waals surface area (Å²) in [5.74, 6) is 0.570. The van der Waals surface area contributed by atoms with Crippen LogP contribution in [0.3, 0.4) is 0 Å². The Kier molecular flexibility index (Phi) is 5.11. The molecular weight excluding hydrogens is 370 g/mol. The van der Waals surface area contributed by atoms with Crippen LogP contribution < -0.4 is 4.74 Å². The lowest BCUT2D eigenvalue weighted by Crippen LogP contribution is -2.05. The molecule has 5 heteroatoms. The third kappa shape index (κ3) is 3.74. The van der Waals surface area contributed by atoms with Gasteiger partial charge in [-0.3, -0.25) is 0 Å².